The normalized spacial score (nSPS) is 12.7. The third kappa shape index (κ3) is 2.73. The maximum atomic E-state index is 12.5. The molecule has 4 nitrogen and oxygen atoms in total. The number of amides is 2. The molecular weight excluding hydrogens is 324 g/mol. The first-order valence-corrected chi connectivity index (χ1v) is 8.90. The number of nitrogens with one attached hydrogen (secondary N) is 1. The van der Waals surface area contributed by atoms with Gasteiger partial charge in [0.25, 0.3) is 5.91 Å². The maximum Gasteiger partial charge on any atom is 0.258 e. The topological polar surface area (TPSA) is 49.4 Å². The number of anilines is 2. The summed E-state index contributed by atoms with van der Waals surface area (Å²) in [5.41, 5.74) is 3.53. The lowest BCUT2D eigenvalue weighted by Gasteiger charge is -2.15. The standard InChI is InChI=1S/C22H20N2O2/c1-2-24-19-13-12-18(16-9-6-10-17(21(16)19)22(24)26)23-20(25)14-11-15-7-4-3-5-8-15/h3-10,12-13H,2,11,14H2,1H3,(H,23,25). The zero-order chi connectivity index (χ0) is 18.1. The van der Waals surface area contributed by atoms with E-state index >= 15 is 0 Å². The third-order valence-electron chi connectivity index (χ3n) is 4.86. The van der Waals surface area contributed by atoms with E-state index in [0.29, 0.717) is 24.9 Å². The number of hydrogen-bond acceptors (Lipinski definition) is 2. The molecule has 0 fully saturated rings. The molecule has 0 saturated carbocycles. The zero-order valence-corrected chi connectivity index (χ0v) is 14.7. The lowest BCUT2D eigenvalue weighted by molar-refractivity contribution is -0.116. The summed E-state index contributed by atoms with van der Waals surface area (Å²) in [6, 6.07) is 19.5. The van der Waals surface area contributed by atoms with Crippen LogP contribution in [-0.4, -0.2) is 18.4 Å². The molecule has 0 spiro atoms. The first-order valence-electron chi connectivity index (χ1n) is 8.90. The number of carbonyl (C=O) groups excluding carboxylic acids is 2. The molecule has 1 N–H and O–H groups in total. The van der Waals surface area contributed by atoms with Crippen LogP contribution in [0.15, 0.2) is 60.7 Å². The molecule has 1 aliphatic heterocycles. The Labute approximate surface area is 152 Å². The first kappa shape index (κ1) is 16.3. The number of carbonyl (C=O) groups is 2. The Kier molecular flexibility index (Phi) is 4.17. The molecule has 3 aromatic carbocycles. The van der Waals surface area contributed by atoms with Gasteiger partial charge in [0.05, 0.1) is 5.69 Å². The summed E-state index contributed by atoms with van der Waals surface area (Å²) < 4.78 is 0. The van der Waals surface area contributed by atoms with E-state index < -0.39 is 0 Å². The smallest absolute Gasteiger partial charge is 0.258 e. The van der Waals surface area contributed by atoms with Crippen LogP contribution in [0.2, 0.25) is 0 Å². The van der Waals surface area contributed by atoms with E-state index in [2.05, 4.69) is 5.32 Å². The third-order valence-corrected chi connectivity index (χ3v) is 4.86. The second-order valence-electron chi connectivity index (χ2n) is 6.44. The Morgan fingerprint density at radius 1 is 1.00 bits per heavy atom. The maximum absolute atomic E-state index is 12.5. The Morgan fingerprint density at radius 3 is 2.58 bits per heavy atom. The molecule has 0 bridgehead atoms. The van der Waals surface area contributed by atoms with Gasteiger partial charge in [0.2, 0.25) is 5.91 Å². The fourth-order valence-corrected chi connectivity index (χ4v) is 3.58. The molecule has 3 aromatic rings. The molecule has 0 aromatic heterocycles. The van der Waals surface area contributed by atoms with Crippen LogP contribution in [0.5, 0.6) is 0 Å². The lowest BCUT2D eigenvalue weighted by Crippen LogP contribution is -2.25. The molecule has 2 amide bonds. The largest absolute Gasteiger partial charge is 0.326 e. The Bertz CT molecular complexity index is 996. The van der Waals surface area contributed by atoms with E-state index in [1.54, 1.807) is 4.90 Å². The van der Waals surface area contributed by atoms with Crippen molar-refractivity contribution in [3.63, 3.8) is 0 Å². The molecule has 26 heavy (non-hydrogen) atoms. The van der Waals surface area contributed by atoms with E-state index in [-0.39, 0.29) is 11.8 Å². The van der Waals surface area contributed by atoms with Crippen molar-refractivity contribution in [3.8, 4) is 0 Å². The number of rotatable bonds is 5. The molecule has 0 aliphatic carbocycles. The minimum Gasteiger partial charge on any atom is -0.326 e. The van der Waals surface area contributed by atoms with Crippen molar-refractivity contribution in [2.45, 2.75) is 19.8 Å². The van der Waals surface area contributed by atoms with Crippen molar-refractivity contribution < 1.29 is 9.59 Å². The predicted molar refractivity (Wildman–Crippen MR) is 105 cm³/mol. The van der Waals surface area contributed by atoms with Crippen molar-refractivity contribution in [2.24, 2.45) is 0 Å². The predicted octanol–water partition coefficient (Wildman–Crippen LogP) is 4.39. The summed E-state index contributed by atoms with van der Waals surface area (Å²) in [6.07, 6.45) is 1.13. The molecule has 4 rings (SSSR count). The Balaban J connectivity index is 1.60. The highest BCUT2D eigenvalue weighted by Crippen LogP contribution is 2.40. The van der Waals surface area contributed by atoms with E-state index in [0.717, 1.165) is 27.7 Å². The summed E-state index contributed by atoms with van der Waals surface area (Å²) in [4.78, 5) is 26.7. The van der Waals surface area contributed by atoms with E-state index in [1.165, 1.54) is 0 Å². The molecule has 130 valence electrons. The molecule has 1 heterocycles. The van der Waals surface area contributed by atoms with Crippen LogP contribution < -0.4 is 10.2 Å². The lowest BCUT2D eigenvalue weighted by atomic mass is 10.0. The van der Waals surface area contributed by atoms with Gasteiger partial charge in [0.1, 0.15) is 0 Å². The number of hydrogen-bond donors (Lipinski definition) is 1. The van der Waals surface area contributed by atoms with Crippen molar-refractivity contribution in [3.05, 3.63) is 71.8 Å². The van der Waals surface area contributed by atoms with E-state index in [9.17, 15) is 9.59 Å². The van der Waals surface area contributed by atoms with Gasteiger partial charge in [0, 0.05) is 35.0 Å². The van der Waals surface area contributed by atoms with Crippen molar-refractivity contribution >= 4 is 34.0 Å². The van der Waals surface area contributed by atoms with Crippen molar-refractivity contribution in [1.82, 2.24) is 0 Å². The first-order chi connectivity index (χ1) is 12.7. The van der Waals surface area contributed by atoms with Gasteiger partial charge in [-0.05, 0) is 37.1 Å². The van der Waals surface area contributed by atoms with Crippen LogP contribution in [-0.2, 0) is 11.2 Å². The monoisotopic (exact) mass is 344 g/mol. The van der Waals surface area contributed by atoms with Gasteiger partial charge in [-0.2, -0.15) is 0 Å². The van der Waals surface area contributed by atoms with Crippen LogP contribution in [0.4, 0.5) is 11.4 Å². The molecule has 0 atom stereocenters. The van der Waals surface area contributed by atoms with Gasteiger partial charge in [-0.25, -0.2) is 0 Å². The molecule has 4 heteroatoms. The van der Waals surface area contributed by atoms with Gasteiger partial charge in [-0.3, -0.25) is 9.59 Å². The van der Waals surface area contributed by atoms with E-state index in [4.69, 9.17) is 0 Å². The van der Waals surface area contributed by atoms with Gasteiger partial charge in [-0.15, -0.1) is 0 Å². The van der Waals surface area contributed by atoms with Gasteiger partial charge >= 0.3 is 0 Å². The Morgan fingerprint density at radius 2 is 1.81 bits per heavy atom. The fourth-order valence-electron chi connectivity index (χ4n) is 3.58. The second-order valence-corrected chi connectivity index (χ2v) is 6.44. The number of nitrogens with zero attached hydrogens (tertiary/aromatic N) is 1. The quantitative estimate of drug-likeness (QED) is 0.746. The van der Waals surface area contributed by atoms with Crippen LogP contribution in [0.1, 0.15) is 29.3 Å². The summed E-state index contributed by atoms with van der Waals surface area (Å²) in [5.74, 6) is 0.00637. The highest BCUT2D eigenvalue weighted by molar-refractivity contribution is 6.27. The van der Waals surface area contributed by atoms with Gasteiger partial charge in [-0.1, -0.05) is 42.5 Å². The summed E-state index contributed by atoms with van der Waals surface area (Å²) in [7, 11) is 0. The van der Waals surface area contributed by atoms with E-state index in [1.807, 2.05) is 67.6 Å². The molecular formula is C22H20N2O2. The molecule has 0 radical (unpaired) electrons. The minimum absolute atomic E-state index is 0.0220. The van der Waals surface area contributed by atoms with Crippen molar-refractivity contribution in [2.75, 3.05) is 16.8 Å². The Hall–Kier alpha value is -3.14. The van der Waals surface area contributed by atoms with Crippen LogP contribution in [0.25, 0.3) is 10.8 Å². The fraction of sp³-hybridized carbons (Fsp3) is 0.182. The van der Waals surface area contributed by atoms with Crippen LogP contribution >= 0.6 is 0 Å². The molecule has 1 aliphatic rings. The second kappa shape index (κ2) is 6.64. The van der Waals surface area contributed by atoms with Crippen molar-refractivity contribution in [1.29, 1.82) is 0 Å². The summed E-state index contributed by atoms with van der Waals surface area (Å²) in [6.45, 7) is 2.60. The highest BCUT2D eigenvalue weighted by Gasteiger charge is 2.29. The molecule has 0 saturated heterocycles. The summed E-state index contributed by atoms with van der Waals surface area (Å²) >= 11 is 0. The minimum atomic E-state index is -0.0220. The van der Waals surface area contributed by atoms with Gasteiger partial charge in [0.15, 0.2) is 0 Å². The van der Waals surface area contributed by atoms with Crippen LogP contribution in [0, 0.1) is 0 Å². The van der Waals surface area contributed by atoms with Crippen LogP contribution in [0.3, 0.4) is 0 Å². The number of aryl methyl sites for hydroxylation is 1. The average molecular weight is 344 g/mol. The molecule has 0 unspecified atom stereocenters. The highest BCUT2D eigenvalue weighted by atomic mass is 16.2. The van der Waals surface area contributed by atoms with Gasteiger partial charge < -0.3 is 10.2 Å². The summed E-state index contributed by atoms with van der Waals surface area (Å²) in [5, 5.41) is 4.86. The average Bonchev–Trinajstić information content (AvgIpc) is 2.96. The number of benzene rings is 3. The zero-order valence-electron chi connectivity index (χ0n) is 14.7. The SMILES string of the molecule is CCN1C(=O)c2cccc3c(NC(=O)CCc4ccccc4)ccc1c23.